The largest absolute Gasteiger partial charge is 0.373 e. The Morgan fingerprint density at radius 3 is 3.00 bits per heavy atom. The van der Waals surface area contributed by atoms with E-state index in [4.69, 9.17) is 11.2 Å². The molecule has 1 fully saturated rings. The molecule has 2 rings (SSSR count). The van der Waals surface area contributed by atoms with E-state index in [9.17, 15) is 4.79 Å². The number of hydrogen-bond acceptors (Lipinski definition) is 3. The summed E-state index contributed by atoms with van der Waals surface area (Å²) in [6.45, 7) is 1.30. The van der Waals surface area contributed by atoms with Crippen LogP contribution in [0, 0.1) is 12.3 Å². The average molecular weight is 318 g/mol. The van der Waals surface area contributed by atoms with Gasteiger partial charge in [0, 0.05) is 24.9 Å². The molecule has 1 heterocycles. The van der Waals surface area contributed by atoms with E-state index in [2.05, 4.69) is 28.7 Å². The van der Waals surface area contributed by atoms with Crippen molar-refractivity contribution in [3.05, 3.63) is 35.9 Å². The van der Waals surface area contributed by atoms with E-state index in [1.807, 2.05) is 18.2 Å². The van der Waals surface area contributed by atoms with Crippen molar-refractivity contribution in [3.63, 3.8) is 0 Å². The monoisotopic (exact) mass is 318 g/mol. The number of hydrogen-bond donors (Lipinski definition) is 2. The molecule has 2 N–H and O–H groups in total. The summed E-state index contributed by atoms with van der Waals surface area (Å²) < 4.78 is 5.81. The van der Waals surface area contributed by atoms with Gasteiger partial charge >= 0.3 is 6.03 Å². The SMILES string of the molecule is C#CCSCCNC(=O)N[C@@H]1CCO[C@@H](c2ccccc2)C1. The fourth-order valence-corrected chi connectivity index (χ4v) is 2.94. The fraction of sp³-hybridized carbons (Fsp3) is 0.471. The lowest BCUT2D eigenvalue weighted by molar-refractivity contribution is 0.00228. The number of carbonyl (C=O) groups excluding carboxylic acids is 1. The number of amides is 2. The Balaban J connectivity index is 1.71. The lowest BCUT2D eigenvalue weighted by Gasteiger charge is -2.30. The van der Waals surface area contributed by atoms with Crippen LogP contribution in [0.25, 0.3) is 0 Å². The first-order chi connectivity index (χ1) is 10.8. The molecule has 22 heavy (non-hydrogen) atoms. The predicted molar refractivity (Wildman–Crippen MR) is 90.8 cm³/mol. The fourth-order valence-electron chi connectivity index (χ4n) is 2.43. The normalized spacial score (nSPS) is 20.9. The standard InChI is InChI=1S/C17H22N2O2S/c1-2-11-22-12-9-18-17(20)19-15-8-10-21-16(13-15)14-6-4-3-5-7-14/h1,3-7,15-16H,8-13H2,(H2,18,19,20)/t15-,16-/m1/s1. The summed E-state index contributed by atoms with van der Waals surface area (Å²) in [6.07, 6.45) is 6.89. The van der Waals surface area contributed by atoms with Crippen molar-refractivity contribution < 1.29 is 9.53 Å². The van der Waals surface area contributed by atoms with Gasteiger partial charge in [0.15, 0.2) is 0 Å². The quantitative estimate of drug-likeness (QED) is 0.626. The molecular weight excluding hydrogens is 296 g/mol. The van der Waals surface area contributed by atoms with E-state index in [0.717, 1.165) is 18.6 Å². The third-order valence-corrected chi connectivity index (χ3v) is 4.37. The van der Waals surface area contributed by atoms with Crippen LogP contribution in [-0.4, -0.2) is 36.7 Å². The molecule has 0 spiro atoms. The molecule has 1 aliphatic rings. The summed E-state index contributed by atoms with van der Waals surface area (Å²) in [7, 11) is 0. The van der Waals surface area contributed by atoms with Gasteiger partial charge < -0.3 is 15.4 Å². The van der Waals surface area contributed by atoms with Gasteiger partial charge in [0.1, 0.15) is 0 Å². The van der Waals surface area contributed by atoms with E-state index in [0.29, 0.717) is 18.9 Å². The summed E-state index contributed by atoms with van der Waals surface area (Å²) in [6, 6.07) is 10.2. The highest BCUT2D eigenvalue weighted by atomic mass is 32.2. The average Bonchev–Trinajstić information content (AvgIpc) is 2.56. The van der Waals surface area contributed by atoms with Gasteiger partial charge in [0.05, 0.1) is 11.9 Å². The number of thioether (sulfide) groups is 1. The highest BCUT2D eigenvalue weighted by molar-refractivity contribution is 7.99. The predicted octanol–water partition coefficient (Wildman–Crippen LogP) is 2.57. The molecule has 0 bridgehead atoms. The van der Waals surface area contributed by atoms with Gasteiger partial charge in [-0.25, -0.2) is 4.79 Å². The maximum atomic E-state index is 11.9. The Kier molecular flexibility index (Phi) is 7.14. The molecule has 0 radical (unpaired) electrons. The van der Waals surface area contributed by atoms with Gasteiger partial charge in [-0.2, -0.15) is 0 Å². The Hall–Kier alpha value is -1.64. The number of rotatable bonds is 6. The molecule has 1 aliphatic heterocycles. The van der Waals surface area contributed by atoms with Crippen LogP contribution in [0.3, 0.4) is 0 Å². The molecule has 2 amide bonds. The molecule has 0 aliphatic carbocycles. The highest BCUT2D eigenvalue weighted by Gasteiger charge is 2.24. The summed E-state index contributed by atoms with van der Waals surface area (Å²) in [4.78, 5) is 11.9. The summed E-state index contributed by atoms with van der Waals surface area (Å²) in [5.41, 5.74) is 1.17. The molecule has 4 nitrogen and oxygen atoms in total. The van der Waals surface area contributed by atoms with Gasteiger partial charge in [-0.05, 0) is 18.4 Å². The molecule has 118 valence electrons. The van der Waals surface area contributed by atoms with Crippen LogP contribution in [0.4, 0.5) is 4.79 Å². The van der Waals surface area contributed by atoms with Crippen LogP contribution < -0.4 is 10.6 Å². The van der Waals surface area contributed by atoms with Gasteiger partial charge in [-0.3, -0.25) is 0 Å². The first-order valence-corrected chi connectivity index (χ1v) is 8.67. The Morgan fingerprint density at radius 2 is 2.23 bits per heavy atom. The van der Waals surface area contributed by atoms with Crippen molar-refractivity contribution in [2.45, 2.75) is 25.0 Å². The molecule has 1 aromatic carbocycles. The molecule has 1 aromatic rings. The molecule has 5 heteroatoms. The number of nitrogens with one attached hydrogen (secondary N) is 2. The molecule has 0 aromatic heterocycles. The molecule has 0 unspecified atom stereocenters. The molecule has 0 saturated carbocycles. The highest BCUT2D eigenvalue weighted by Crippen LogP contribution is 2.27. The second kappa shape index (κ2) is 9.39. The Bertz CT molecular complexity index is 501. The van der Waals surface area contributed by atoms with Gasteiger partial charge in [-0.15, -0.1) is 18.2 Å². The summed E-state index contributed by atoms with van der Waals surface area (Å²) >= 11 is 1.64. The number of ether oxygens (including phenoxy) is 1. The first kappa shape index (κ1) is 16.7. The smallest absolute Gasteiger partial charge is 0.315 e. The maximum absolute atomic E-state index is 11.9. The minimum Gasteiger partial charge on any atom is -0.373 e. The van der Waals surface area contributed by atoms with E-state index in [1.54, 1.807) is 11.8 Å². The van der Waals surface area contributed by atoms with Gasteiger partial charge in [0.2, 0.25) is 0 Å². The zero-order chi connectivity index (χ0) is 15.6. The second-order valence-corrected chi connectivity index (χ2v) is 6.25. The van der Waals surface area contributed by atoms with E-state index < -0.39 is 0 Å². The zero-order valence-corrected chi connectivity index (χ0v) is 13.4. The maximum Gasteiger partial charge on any atom is 0.315 e. The summed E-state index contributed by atoms with van der Waals surface area (Å²) in [5.74, 6) is 4.08. The van der Waals surface area contributed by atoms with Crippen LogP contribution in [0.1, 0.15) is 24.5 Å². The van der Waals surface area contributed by atoms with Crippen LogP contribution in [0.5, 0.6) is 0 Å². The summed E-state index contributed by atoms with van der Waals surface area (Å²) in [5, 5.41) is 5.89. The van der Waals surface area contributed by atoms with E-state index >= 15 is 0 Å². The molecule has 2 atom stereocenters. The molecular formula is C17H22N2O2S. The van der Waals surface area contributed by atoms with Gasteiger partial charge in [0.25, 0.3) is 0 Å². The van der Waals surface area contributed by atoms with Crippen LogP contribution in [0.2, 0.25) is 0 Å². The van der Waals surface area contributed by atoms with E-state index in [1.165, 1.54) is 5.56 Å². The lowest BCUT2D eigenvalue weighted by atomic mass is 9.97. The number of carbonyl (C=O) groups is 1. The van der Waals surface area contributed by atoms with Gasteiger partial charge in [-0.1, -0.05) is 36.3 Å². The van der Waals surface area contributed by atoms with Crippen molar-refractivity contribution in [2.75, 3.05) is 24.7 Å². The number of terminal acetylenes is 1. The van der Waals surface area contributed by atoms with E-state index in [-0.39, 0.29) is 18.2 Å². The second-order valence-electron chi connectivity index (χ2n) is 5.15. The number of urea groups is 1. The Morgan fingerprint density at radius 1 is 1.41 bits per heavy atom. The zero-order valence-electron chi connectivity index (χ0n) is 12.6. The van der Waals surface area contributed by atoms with Crippen LogP contribution in [0.15, 0.2) is 30.3 Å². The minimum atomic E-state index is -0.111. The van der Waals surface area contributed by atoms with Crippen LogP contribution >= 0.6 is 11.8 Å². The minimum absolute atomic E-state index is 0.0615. The topological polar surface area (TPSA) is 50.4 Å². The van der Waals surface area contributed by atoms with Crippen LogP contribution in [-0.2, 0) is 4.74 Å². The van der Waals surface area contributed by atoms with Crippen molar-refractivity contribution in [2.24, 2.45) is 0 Å². The third kappa shape index (κ3) is 5.63. The van der Waals surface area contributed by atoms with Crippen molar-refractivity contribution in [1.29, 1.82) is 0 Å². The van der Waals surface area contributed by atoms with Crippen molar-refractivity contribution in [3.8, 4) is 12.3 Å². The third-order valence-electron chi connectivity index (χ3n) is 3.51. The Labute approximate surface area is 136 Å². The number of benzene rings is 1. The lowest BCUT2D eigenvalue weighted by Crippen LogP contribution is -2.45. The first-order valence-electron chi connectivity index (χ1n) is 7.51. The van der Waals surface area contributed by atoms with Crippen molar-refractivity contribution >= 4 is 17.8 Å². The molecule has 1 saturated heterocycles. The van der Waals surface area contributed by atoms with Crippen molar-refractivity contribution in [1.82, 2.24) is 10.6 Å².